The van der Waals surface area contributed by atoms with E-state index in [1.165, 1.54) is 6.08 Å². The van der Waals surface area contributed by atoms with Gasteiger partial charge in [0.2, 0.25) is 0 Å². The van der Waals surface area contributed by atoms with E-state index in [0.29, 0.717) is 18.8 Å². The number of hydrogen-bond acceptors (Lipinski definition) is 5. The van der Waals surface area contributed by atoms with Crippen molar-refractivity contribution in [2.75, 3.05) is 6.54 Å². The molecule has 1 N–H and O–H groups in total. The fraction of sp³-hybridized carbons (Fsp3) is 0.250. The van der Waals surface area contributed by atoms with Crippen LogP contribution < -0.4 is 5.32 Å². The number of benzene rings is 1. The standard InChI is InChI=1S/C24H26N4O3/c1-3-13-26-24(30)18(2)31-22(29)12-11-21-17-28(16-19-8-5-4-6-9-19)27-23(21)20-10-7-14-25-15-20/h4-12,14-15,17-18H,3,13,16H2,1-2H3,(H,26,30)/b12-11+/t18-/m1/s1. The third-order valence-corrected chi connectivity index (χ3v) is 4.52. The Morgan fingerprint density at radius 2 is 2.00 bits per heavy atom. The van der Waals surface area contributed by atoms with Gasteiger partial charge in [-0.25, -0.2) is 4.79 Å². The number of esters is 1. The van der Waals surface area contributed by atoms with E-state index in [0.717, 1.165) is 23.1 Å². The van der Waals surface area contributed by atoms with Gasteiger partial charge in [0.15, 0.2) is 6.10 Å². The molecule has 0 aliphatic heterocycles. The first-order valence-electron chi connectivity index (χ1n) is 10.2. The average Bonchev–Trinajstić information content (AvgIpc) is 3.19. The van der Waals surface area contributed by atoms with Crippen molar-refractivity contribution in [3.8, 4) is 11.3 Å². The molecule has 0 saturated heterocycles. The summed E-state index contributed by atoms with van der Waals surface area (Å²) in [6.45, 7) is 4.65. The molecule has 7 heteroatoms. The van der Waals surface area contributed by atoms with E-state index >= 15 is 0 Å². The van der Waals surface area contributed by atoms with Crippen LogP contribution in [0.4, 0.5) is 0 Å². The number of amides is 1. The lowest BCUT2D eigenvalue weighted by Crippen LogP contribution is -2.35. The Morgan fingerprint density at radius 3 is 2.71 bits per heavy atom. The lowest BCUT2D eigenvalue weighted by Gasteiger charge is -2.11. The van der Waals surface area contributed by atoms with Crippen molar-refractivity contribution >= 4 is 18.0 Å². The quantitative estimate of drug-likeness (QED) is 0.425. The van der Waals surface area contributed by atoms with Crippen LogP contribution in [0, 0.1) is 0 Å². The molecule has 0 saturated carbocycles. The number of aromatic nitrogens is 3. The van der Waals surface area contributed by atoms with E-state index in [1.54, 1.807) is 25.4 Å². The number of carbonyl (C=O) groups is 2. The summed E-state index contributed by atoms with van der Waals surface area (Å²) in [6.07, 6.45) is 8.21. The number of hydrogen-bond donors (Lipinski definition) is 1. The second-order valence-corrected chi connectivity index (χ2v) is 7.06. The van der Waals surface area contributed by atoms with Crippen LogP contribution in [0.3, 0.4) is 0 Å². The van der Waals surface area contributed by atoms with E-state index in [4.69, 9.17) is 4.74 Å². The molecule has 0 radical (unpaired) electrons. The van der Waals surface area contributed by atoms with Crippen LogP contribution in [-0.2, 0) is 20.9 Å². The Hall–Kier alpha value is -3.74. The van der Waals surface area contributed by atoms with E-state index in [2.05, 4.69) is 15.4 Å². The highest BCUT2D eigenvalue weighted by molar-refractivity contribution is 5.91. The summed E-state index contributed by atoms with van der Waals surface area (Å²) in [6, 6.07) is 13.7. The van der Waals surface area contributed by atoms with Gasteiger partial charge in [-0.1, -0.05) is 37.3 Å². The highest BCUT2D eigenvalue weighted by Crippen LogP contribution is 2.23. The molecule has 3 aromatic rings. The topological polar surface area (TPSA) is 86.1 Å². The van der Waals surface area contributed by atoms with Crippen LogP contribution in [0.15, 0.2) is 67.1 Å². The molecule has 1 aromatic carbocycles. The molecule has 160 valence electrons. The van der Waals surface area contributed by atoms with E-state index in [9.17, 15) is 9.59 Å². The van der Waals surface area contributed by atoms with Gasteiger partial charge >= 0.3 is 5.97 Å². The molecule has 2 heterocycles. The van der Waals surface area contributed by atoms with Crippen molar-refractivity contribution in [2.24, 2.45) is 0 Å². The molecule has 7 nitrogen and oxygen atoms in total. The van der Waals surface area contributed by atoms with E-state index in [1.807, 2.05) is 60.3 Å². The number of ether oxygens (including phenoxy) is 1. The summed E-state index contributed by atoms with van der Waals surface area (Å²) in [7, 11) is 0. The lowest BCUT2D eigenvalue weighted by molar-refractivity contribution is -0.150. The SMILES string of the molecule is CCCNC(=O)[C@@H](C)OC(=O)/C=C/c1cn(Cc2ccccc2)nc1-c1cccnc1. The summed E-state index contributed by atoms with van der Waals surface area (Å²) in [4.78, 5) is 28.3. The third kappa shape index (κ3) is 6.37. The highest BCUT2D eigenvalue weighted by atomic mass is 16.5. The minimum absolute atomic E-state index is 0.310. The van der Waals surface area contributed by atoms with Crippen LogP contribution >= 0.6 is 0 Å². The Morgan fingerprint density at radius 1 is 1.19 bits per heavy atom. The van der Waals surface area contributed by atoms with Crippen LogP contribution in [0.2, 0.25) is 0 Å². The second kappa shape index (κ2) is 10.9. The fourth-order valence-corrected chi connectivity index (χ4v) is 2.95. The Kier molecular flexibility index (Phi) is 7.70. The molecule has 3 rings (SSSR count). The number of nitrogens with zero attached hydrogens (tertiary/aromatic N) is 3. The molecule has 1 atom stereocenters. The molecular weight excluding hydrogens is 392 g/mol. The van der Waals surface area contributed by atoms with Gasteiger partial charge in [0, 0.05) is 42.3 Å². The summed E-state index contributed by atoms with van der Waals surface area (Å²) in [5.41, 5.74) is 3.42. The van der Waals surface area contributed by atoms with Gasteiger partial charge in [-0.15, -0.1) is 0 Å². The maximum absolute atomic E-state index is 12.2. The largest absolute Gasteiger partial charge is 0.449 e. The second-order valence-electron chi connectivity index (χ2n) is 7.06. The minimum Gasteiger partial charge on any atom is -0.449 e. The summed E-state index contributed by atoms with van der Waals surface area (Å²) < 4.78 is 7.02. The van der Waals surface area contributed by atoms with Crippen molar-refractivity contribution in [1.29, 1.82) is 0 Å². The van der Waals surface area contributed by atoms with Crippen molar-refractivity contribution < 1.29 is 14.3 Å². The normalized spacial score (nSPS) is 11.9. The first kappa shape index (κ1) is 22.0. The van der Waals surface area contributed by atoms with Gasteiger partial charge in [0.1, 0.15) is 5.69 Å². The zero-order chi connectivity index (χ0) is 22.1. The zero-order valence-electron chi connectivity index (χ0n) is 17.7. The summed E-state index contributed by atoms with van der Waals surface area (Å²) in [5.74, 6) is -0.901. The minimum atomic E-state index is -0.859. The smallest absolute Gasteiger partial charge is 0.331 e. The molecule has 1 amide bonds. The number of carbonyl (C=O) groups excluding carboxylic acids is 2. The average molecular weight is 418 g/mol. The monoisotopic (exact) mass is 418 g/mol. The highest BCUT2D eigenvalue weighted by Gasteiger charge is 2.16. The predicted octanol–water partition coefficient (Wildman–Crippen LogP) is 3.46. The maximum atomic E-state index is 12.2. The van der Waals surface area contributed by atoms with Gasteiger partial charge in [-0.2, -0.15) is 5.10 Å². The molecule has 0 aliphatic carbocycles. The molecule has 0 unspecified atom stereocenters. The number of nitrogens with one attached hydrogen (secondary N) is 1. The summed E-state index contributed by atoms with van der Waals surface area (Å²) in [5, 5.41) is 7.39. The van der Waals surface area contributed by atoms with Gasteiger partial charge < -0.3 is 10.1 Å². The first-order valence-corrected chi connectivity index (χ1v) is 10.2. The maximum Gasteiger partial charge on any atom is 0.331 e. The Balaban J connectivity index is 1.77. The van der Waals surface area contributed by atoms with Crippen molar-refractivity contribution in [1.82, 2.24) is 20.1 Å². The molecular formula is C24H26N4O3. The number of rotatable bonds is 9. The first-order chi connectivity index (χ1) is 15.1. The molecule has 2 aromatic heterocycles. The summed E-state index contributed by atoms with van der Waals surface area (Å²) >= 11 is 0. The zero-order valence-corrected chi connectivity index (χ0v) is 17.7. The molecule has 0 aliphatic rings. The van der Waals surface area contributed by atoms with E-state index in [-0.39, 0.29) is 5.91 Å². The molecule has 0 fully saturated rings. The van der Waals surface area contributed by atoms with Gasteiger partial charge in [-0.3, -0.25) is 14.5 Å². The fourth-order valence-electron chi connectivity index (χ4n) is 2.95. The van der Waals surface area contributed by atoms with Gasteiger partial charge in [0.05, 0.1) is 6.54 Å². The Labute approximate surface area is 181 Å². The van der Waals surface area contributed by atoms with Crippen LogP contribution in [-0.4, -0.2) is 39.3 Å². The van der Waals surface area contributed by atoms with Crippen molar-refractivity contribution in [3.05, 3.63) is 78.3 Å². The number of pyridine rings is 1. The predicted molar refractivity (Wildman–Crippen MR) is 119 cm³/mol. The molecule has 0 bridgehead atoms. The van der Waals surface area contributed by atoms with Crippen LogP contribution in [0.1, 0.15) is 31.4 Å². The molecule has 31 heavy (non-hydrogen) atoms. The van der Waals surface area contributed by atoms with Gasteiger partial charge in [-0.05, 0) is 37.1 Å². The third-order valence-electron chi connectivity index (χ3n) is 4.52. The van der Waals surface area contributed by atoms with Crippen molar-refractivity contribution in [2.45, 2.75) is 32.9 Å². The Bertz CT molecular complexity index is 1030. The lowest BCUT2D eigenvalue weighted by atomic mass is 10.1. The van der Waals surface area contributed by atoms with Crippen LogP contribution in [0.25, 0.3) is 17.3 Å². The van der Waals surface area contributed by atoms with Gasteiger partial charge in [0.25, 0.3) is 5.91 Å². The van der Waals surface area contributed by atoms with E-state index < -0.39 is 12.1 Å². The molecule has 0 spiro atoms. The van der Waals surface area contributed by atoms with Crippen LogP contribution in [0.5, 0.6) is 0 Å². The van der Waals surface area contributed by atoms with Crippen molar-refractivity contribution in [3.63, 3.8) is 0 Å².